The number of aromatic amines is 1. The number of H-pyrrole nitrogens is 1. The van der Waals surface area contributed by atoms with E-state index in [9.17, 15) is 18.0 Å². The third-order valence-electron chi connectivity index (χ3n) is 3.45. The van der Waals surface area contributed by atoms with Crippen LogP contribution in [0.5, 0.6) is 0 Å². The molecule has 3 heterocycles. The van der Waals surface area contributed by atoms with Gasteiger partial charge in [-0.25, -0.2) is 13.4 Å². The standard InChI is InChI=1S/C13H14N4O4S2/c1-23(20,21)17-6-4-9-10(7-17)22-13(15-9)16-12(19)8-3-2-5-14-11(8)18/h2-3,5H,4,6-7H2,1H3,(H,14,18)(H,15,16,19). The Morgan fingerprint density at radius 1 is 1.48 bits per heavy atom. The minimum absolute atomic E-state index is 0.00145. The number of hydrogen-bond acceptors (Lipinski definition) is 6. The van der Waals surface area contributed by atoms with Gasteiger partial charge in [-0.3, -0.25) is 14.9 Å². The number of nitrogens with one attached hydrogen (secondary N) is 2. The minimum Gasteiger partial charge on any atom is -0.328 e. The Labute approximate surface area is 136 Å². The SMILES string of the molecule is CS(=O)(=O)N1CCc2nc(NC(=O)c3ccc[nH]c3=O)sc2C1. The van der Waals surface area contributed by atoms with Gasteiger partial charge in [0, 0.05) is 30.6 Å². The molecule has 23 heavy (non-hydrogen) atoms. The van der Waals surface area contributed by atoms with E-state index in [0.717, 1.165) is 10.6 Å². The molecule has 0 atom stereocenters. The van der Waals surface area contributed by atoms with Gasteiger partial charge in [-0.1, -0.05) is 0 Å². The molecule has 0 bridgehead atoms. The summed E-state index contributed by atoms with van der Waals surface area (Å²) in [7, 11) is -3.25. The normalized spacial score (nSPS) is 15.2. The highest BCUT2D eigenvalue weighted by Gasteiger charge is 2.26. The van der Waals surface area contributed by atoms with Crippen LogP contribution >= 0.6 is 11.3 Å². The number of thiazole rings is 1. The zero-order valence-electron chi connectivity index (χ0n) is 12.2. The van der Waals surface area contributed by atoms with Crippen molar-refractivity contribution in [1.82, 2.24) is 14.3 Å². The van der Waals surface area contributed by atoms with Crippen LogP contribution in [0.15, 0.2) is 23.1 Å². The van der Waals surface area contributed by atoms with Crippen molar-refractivity contribution >= 4 is 32.4 Å². The fourth-order valence-electron chi connectivity index (χ4n) is 2.27. The number of aromatic nitrogens is 2. The number of carbonyl (C=O) groups is 1. The first kappa shape index (κ1) is 15.8. The molecular formula is C13H14N4O4S2. The quantitative estimate of drug-likeness (QED) is 0.829. The number of amides is 1. The highest BCUT2D eigenvalue weighted by Crippen LogP contribution is 2.29. The fraction of sp³-hybridized carbons (Fsp3) is 0.308. The maximum Gasteiger partial charge on any atom is 0.263 e. The summed E-state index contributed by atoms with van der Waals surface area (Å²) in [5, 5.41) is 2.95. The first-order chi connectivity index (χ1) is 10.8. The van der Waals surface area contributed by atoms with Crippen molar-refractivity contribution in [1.29, 1.82) is 0 Å². The number of carbonyl (C=O) groups excluding carboxylic acids is 1. The average molecular weight is 354 g/mol. The summed E-state index contributed by atoms with van der Waals surface area (Å²) in [6, 6.07) is 2.99. The predicted molar refractivity (Wildman–Crippen MR) is 86.1 cm³/mol. The number of anilines is 1. The molecule has 0 fully saturated rings. The zero-order valence-corrected chi connectivity index (χ0v) is 13.8. The number of pyridine rings is 1. The van der Waals surface area contributed by atoms with E-state index in [1.165, 1.54) is 34.2 Å². The van der Waals surface area contributed by atoms with Gasteiger partial charge in [0.2, 0.25) is 10.0 Å². The predicted octanol–water partition coefficient (Wildman–Crippen LogP) is 0.401. The zero-order chi connectivity index (χ0) is 16.6. The molecule has 1 aliphatic rings. The molecule has 2 aromatic heterocycles. The van der Waals surface area contributed by atoms with Crippen molar-refractivity contribution in [2.75, 3.05) is 18.1 Å². The summed E-state index contributed by atoms with van der Waals surface area (Å²) in [5.74, 6) is -0.544. The van der Waals surface area contributed by atoms with Crippen LogP contribution in [-0.2, 0) is 23.0 Å². The minimum atomic E-state index is -3.25. The van der Waals surface area contributed by atoms with Crippen LogP contribution in [0.4, 0.5) is 5.13 Å². The van der Waals surface area contributed by atoms with Crippen molar-refractivity contribution in [2.45, 2.75) is 13.0 Å². The van der Waals surface area contributed by atoms with Crippen LogP contribution in [0, 0.1) is 0 Å². The Morgan fingerprint density at radius 2 is 2.26 bits per heavy atom. The van der Waals surface area contributed by atoms with Crippen LogP contribution in [0.25, 0.3) is 0 Å². The first-order valence-corrected chi connectivity index (χ1v) is 9.44. The molecular weight excluding hydrogens is 340 g/mol. The van der Waals surface area contributed by atoms with Gasteiger partial charge in [0.05, 0.1) is 11.9 Å². The first-order valence-electron chi connectivity index (χ1n) is 6.77. The van der Waals surface area contributed by atoms with E-state index in [1.54, 1.807) is 6.07 Å². The van der Waals surface area contributed by atoms with E-state index >= 15 is 0 Å². The van der Waals surface area contributed by atoms with E-state index in [1.807, 2.05) is 0 Å². The van der Waals surface area contributed by atoms with Crippen LogP contribution in [0.1, 0.15) is 20.9 Å². The summed E-state index contributed by atoms with van der Waals surface area (Å²) in [5.41, 5.74) is 0.306. The molecule has 0 aromatic carbocycles. The Hall–Kier alpha value is -2.04. The second-order valence-electron chi connectivity index (χ2n) is 5.10. The molecule has 122 valence electrons. The van der Waals surface area contributed by atoms with E-state index in [0.29, 0.717) is 18.1 Å². The molecule has 0 saturated heterocycles. The average Bonchev–Trinajstić information content (AvgIpc) is 2.87. The third kappa shape index (κ3) is 3.33. The molecule has 3 rings (SSSR count). The third-order valence-corrected chi connectivity index (χ3v) is 5.70. The molecule has 2 N–H and O–H groups in total. The van der Waals surface area contributed by atoms with Crippen molar-refractivity contribution < 1.29 is 13.2 Å². The lowest BCUT2D eigenvalue weighted by molar-refractivity contribution is 0.102. The van der Waals surface area contributed by atoms with Gasteiger partial charge >= 0.3 is 0 Å². The molecule has 0 spiro atoms. The largest absolute Gasteiger partial charge is 0.328 e. The Balaban J connectivity index is 1.80. The van der Waals surface area contributed by atoms with Gasteiger partial charge in [-0.15, -0.1) is 11.3 Å². The fourth-order valence-corrected chi connectivity index (χ4v) is 4.16. The molecule has 0 saturated carbocycles. The summed E-state index contributed by atoms with van der Waals surface area (Å²) in [6.07, 6.45) is 3.12. The van der Waals surface area contributed by atoms with Crippen molar-refractivity contribution in [2.24, 2.45) is 0 Å². The number of nitrogens with zero attached hydrogens (tertiary/aromatic N) is 2. The van der Waals surface area contributed by atoms with Gasteiger partial charge in [0.15, 0.2) is 5.13 Å². The number of sulfonamides is 1. The van der Waals surface area contributed by atoms with E-state index in [2.05, 4.69) is 15.3 Å². The molecule has 0 radical (unpaired) electrons. The molecule has 0 unspecified atom stereocenters. The molecule has 8 nitrogen and oxygen atoms in total. The monoisotopic (exact) mass is 354 g/mol. The lowest BCUT2D eigenvalue weighted by Gasteiger charge is -2.23. The van der Waals surface area contributed by atoms with Gasteiger partial charge < -0.3 is 4.98 Å². The summed E-state index contributed by atoms with van der Waals surface area (Å²) in [6.45, 7) is 0.634. The lowest BCUT2D eigenvalue weighted by atomic mass is 10.2. The highest BCUT2D eigenvalue weighted by atomic mass is 32.2. The van der Waals surface area contributed by atoms with Crippen LogP contribution in [0.3, 0.4) is 0 Å². The van der Waals surface area contributed by atoms with Gasteiger partial charge in [0.25, 0.3) is 11.5 Å². The summed E-state index contributed by atoms with van der Waals surface area (Å²) in [4.78, 5) is 31.2. The Morgan fingerprint density at radius 3 is 2.96 bits per heavy atom. The molecule has 2 aromatic rings. The lowest BCUT2D eigenvalue weighted by Crippen LogP contribution is -2.34. The van der Waals surface area contributed by atoms with Crippen LogP contribution in [-0.4, -0.2) is 41.4 Å². The molecule has 1 aliphatic heterocycles. The topological polar surface area (TPSA) is 112 Å². The van der Waals surface area contributed by atoms with Crippen LogP contribution in [0.2, 0.25) is 0 Å². The van der Waals surface area contributed by atoms with Crippen molar-refractivity contribution in [3.8, 4) is 0 Å². The van der Waals surface area contributed by atoms with Crippen molar-refractivity contribution in [3.05, 3.63) is 44.8 Å². The van der Waals surface area contributed by atoms with Crippen molar-refractivity contribution in [3.63, 3.8) is 0 Å². The maximum atomic E-state index is 12.1. The van der Waals surface area contributed by atoms with Gasteiger partial charge in [-0.2, -0.15) is 4.31 Å². The summed E-state index contributed by atoms with van der Waals surface area (Å²) < 4.78 is 24.6. The van der Waals surface area contributed by atoms with Gasteiger partial charge in [0.1, 0.15) is 5.56 Å². The van der Waals surface area contributed by atoms with E-state index < -0.39 is 21.5 Å². The molecule has 1 amide bonds. The van der Waals surface area contributed by atoms with Gasteiger partial charge in [-0.05, 0) is 12.1 Å². The molecule has 10 heteroatoms. The Kier molecular flexibility index (Phi) is 4.04. The second-order valence-corrected chi connectivity index (χ2v) is 8.17. The Bertz CT molecular complexity index is 916. The van der Waals surface area contributed by atoms with E-state index in [-0.39, 0.29) is 12.1 Å². The van der Waals surface area contributed by atoms with E-state index in [4.69, 9.17) is 0 Å². The number of rotatable bonds is 3. The summed E-state index contributed by atoms with van der Waals surface area (Å²) >= 11 is 1.22. The highest BCUT2D eigenvalue weighted by molar-refractivity contribution is 7.88. The second kappa shape index (κ2) is 5.87. The maximum absolute atomic E-state index is 12.1. The number of fused-ring (bicyclic) bond motifs is 1. The molecule has 0 aliphatic carbocycles. The van der Waals surface area contributed by atoms with Crippen LogP contribution < -0.4 is 10.9 Å². The smallest absolute Gasteiger partial charge is 0.263 e. The number of hydrogen-bond donors (Lipinski definition) is 2.